The van der Waals surface area contributed by atoms with E-state index in [1.165, 1.54) is 24.8 Å². The highest BCUT2D eigenvalue weighted by Crippen LogP contribution is 2.39. The van der Waals surface area contributed by atoms with Crippen LogP contribution in [0.4, 0.5) is 0 Å². The second-order valence-corrected chi connectivity index (χ2v) is 6.62. The van der Waals surface area contributed by atoms with Crippen LogP contribution in [-0.4, -0.2) is 12.5 Å². The Hall–Kier alpha value is -1.35. The van der Waals surface area contributed by atoms with Crippen LogP contribution in [0.3, 0.4) is 0 Å². The molecule has 0 bridgehead atoms. The summed E-state index contributed by atoms with van der Waals surface area (Å²) in [5, 5.41) is 3.35. The molecule has 0 spiro atoms. The molecule has 0 radical (unpaired) electrons. The maximum atomic E-state index is 12.7. The van der Waals surface area contributed by atoms with Gasteiger partial charge in [-0.3, -0.25) is 4.79 Å². The van der Waals surface area contributed by atoms with Crippen molar-refractivity contribution in [1.82, 2.24) is 5.32 Å². The lowest BCUT2D eigenvalue weighted by atomic mass is 9.77. The molecule has 0 saturated heterocycles. The van der Waals surface area contributed by atoms with E-state index in [2.05, 4.69) is 29.6 Å². The van der Waals surface area contributed by atoms with Gasteiger partial charge in [-0.15, -0.1) is 0 Å². The standard InChI is InChI=1S/C18H26N2O/c19-12-15-10-5-11-16(15)18(21)20-17(14-8-4-9-14)13-6-2-1-3-7-13/h1-3,6-7,14-17H,4-5,8-12,19H2,(H,20,21)/t15-,16-,17?/m1/s1. The zero-order chi connectivity index (χ0) is 14.7. The third-order valence-corrected chi connectivity index (χ3v) is 5.38. The molecule has 3 rings (SSSR count). The number of hydrogen-bond donors (Lipinski definition) is 2. The molecule has 3 heteroatoms. The summed E-state index contributed by atoms with van der Waals surface area (Å²) in [5.74, 6) is 1.34. The first-order valence-corrected chi connectivity index (χ1v) is 8.35. The lowest BCUT2D eigenvalue weighted by molar-refractivity contribution is -0.127. The molecule has 1 amide bonds. The number of carbonyl (C=O) groups excluding carboxylic acids is 1. The van der Waals surface area contributed by atoms with Crippen LogP contribution < -0.4 is 11.1 Å². The summed E-state index contributed by atoms with van der Waals surface area (Å²) in [6.45, 7) is 0.636. The van der Waals surface area contributed by atoms with E-state index in [1.807, 2.05) is 6.07 Å². The molecule has 0 aromatic heterocycles. The molecule has 1 aromatic carbocycles. The molecule has 2 aliphatic carbocycles. The molecular weight excluding hydrogens is 260 g/mol. The van der Waals surface area contributed by atoms with Crippen molar-refractivity contribution in [3.05, 3.63) is 35.9 Å². The Balaban J connectivity index is 1.71. The van der Waals surface area contributed by atoms with Crippen molar-refractivity contribution < 1.29 is 4.79 Å². The molecule has 1 unspecified atom stereocenters. The molecule has 1 aromatic rings. The van der Waals surface area contributed by atoms with Crippen LogP contribution in [0.15, 0.2) is 30.3 Å². The fraction of sp³-hybridized carbons (Fsp3) is 0.611. The SMILES string of the molecule is NC[C@H]1CCC[C@H]1C(=O)NC(c1ccccc1)C1CCC1. The van der Waals surface area contributed by atoms with Crippen molar-refractivity contribution in [2.75, 3.05) is 6.54 Å². The fourth-order valence-corrected chi connectivity index (χ4v) is 3.83. The minimum atomic E-state index is 0.126. The number of nitrogens with one attached hydrogen (secondary N) is 1. The Morgan fingerprint density at radius 3 is 2.48 bits per heavy atom. The maximum Gasteiger partial charge on any atom is 0.223 e. The quantitative estimate of drug-likeness (QED) is 0.874. The number of nitrogens with two attached hydrogens (primary N) is 1. The van der Waals surface area contributed by atoms with Crippen molar-refractivity contribution in [3.8, 4) is 0 Å². The van der Waals surface area contributed by atoms with Crippen LogP contribution in [0.1, 0.15) is 50.1 Å². The molecule has 2 fully saturated rings. The van der Waals surface area contributed by atoms with Crippen LogP contribution in [0.25, 0.3) is 0 Å². The van der Waals surface area contributed by atoms with Crippen molar-refractivity contribution >= 4 is 5.91 Å². The number of rotatable bonds is 5. The van der Waals surface area contributed by atoms with Gasteiger partial charge in [0, 0.05) is 5.92 Å². The summed E-state index contributed by atoms with van der Waals surface area (Å²) in [4.78, 5) is 12.7. The highest BCUT2D eigenvalue weighted by molar-refractivity contribution is 5.79. The fourth-order valence-electron chi connectivity index (χ4n) is 3.83. The summed E-state index contributed by atoms with van der Waals surface area (Å²) in [6, 6.07) is 10.6. The summed E-state index contributed by atoms with van der Waals surface area (Å²) < 4.78 is 0. The Kier molecular flexibility index (Phi) is 4.59. The smallest absolute Gasteiger partial charge is 0.223 e. The second-order valence-electron chi connectivity index (χ2n) is 6.62. The largest absolute Gasteiger partial charge is 0.349 e. The van der Waals surface area contributed by atoms with Crippen molar-refractivity contribution in [1.29, 1.82) is 0 Å². The zero-order valence-corrected chi connectivity index (χ0v) is 12.6. The van der Waals surface area contributed by atoms with Crippen LogP contribution >= 0.6 is 0 Å². The first-order valence-electron chi connectivity index (χ1n) is 8.35. The van der Waals surface area contributed by atoms with E-state index in [9.17, 15) is 4.79 Å². The molecule has 3 nitrogen and oxygen atoms in total. The monoisotopic (exact) mass is 286 g/mol. The van der Waals surface area contributed by atoms with Gasteiger partial charge in [-0.1, -0.05) is 43.2 Å². The molecule has 21 heavy (non-hydrogen) atoms. The maximum absolute atomic E-state index is 12.7. The predicted molar refractivity (Wildman–Crippen MR) is 84.6 cm³/mol. The highest BCUT2D eigenvalue weighted by Gasteiger charge is 2.35. The molecule has 114 valence electrons. The Morgan fingerprint density at radius 1 is 1.14 bits per heavy atom. The van der Waals surface area contributed by atoms with Gasteiger partial charge in [0.15, 0.2) is 0 Å². The third kappa shape index (κ3) is 3.13. The summed E-state index contributed by atoms with van der Waals surface area (Å²) in [7, 11) is 0. The topological polar surface area (TPSA) is 55.1 Å². The third-order valence-electron chi connectivity index (χ3n) is 5.38. The van der Waals surface area contributed by atoms with Gasteiger partial charge in [-0.25, -0.2) is 0 Å². The number of benzene rings is 1. The Bertz CT molecular complexity index is 469. The van der Waals surface area contributed by atoms with Crippen LogP contribution in [-0.2, 0) is 4.79 Å². The second kappa shape index (κ2) is 6.61. The van der Waals surface area contributed by atoms with Gasteiger partial charge in [0.1, 0.15) is 0 Å². The molecule has 2 aliphatic rings. The van der Waals surface area contributed by atoms with E-state index in [0.717, 1.165) is 19.3 Å². The Labute approximate surface area is 127 Å². The van der Waals surface area contributed by atoms with E-state index in [1.54, 1.807) is 0 Å². The number of carbonyl (C=O) groups is 1. The lowest BCUT2D eigenvalue weighted by Crippen LogP contribution is -2.41. The van der Waals surface area contributed by atoms with E-state index >= 15 is 0 Å². The van der Waals surface area contributed by atoms with Gasteiger partial charge in [-0.05, 0) is 49.6 Å². The number of hydrogen-bond acceptors (Lipinski definition) is 2. The molecule has 3 atom stereocenters. The Morgan fingerprint density at radius 2 is 1.86 bits per heavy atom. The predicted octanol–water partition coefficient (Wildman–Crippen LogP) is 3.02. The van der Waals surface area contributed by atoms with Gasteiger partial charge in [0.25, 0.3) is 0 Å². The van der Waals surface area contributed by atoms with Gasteiger partial charge in [0.2, 0.25) is 5.91 Å². The highest BCUT2D eigenvalue weighted by atomic mass is 16.2. The molecule has 2 saturated carbocycles. The molecular formula is C18H26N2O. The molecule has 3 N–H and O–H groups in total. The average Bonchev–Trinajstić information content (AvgIpc) is 2.94. The van der Waals surface area contributed by atoms with Crippen LogP contribution in [0, 0.1) is 17.8 Å². The summed E-state index contributed by atoms with van der Waals surface area (Å²) in [5.41, 5.74) is 7.07. The minimum Gasteiger partial charge on any atom is -0.349 e. The van der Waals surface area contributed by atoms with Crippen LogP contribution in [0.5, 0.6) is 0 Å². The first kappa shape index (κ1) is 14.6. The van der Waals surface area contributed by atoms with Crippen molar-refractivity contribution in [3.63, 3.8) is 0 Å². The van der Waals surface area contributed by atoms with Crippen molar-refractivity contribution in [2.24, 2.45) is 23.5 Å². The van der Waals surface area contributed by atoms with Gasteiger partial charge in [-0.2, -0.15) is 0 Å². The summed E-state index contributed by atoms with van der Waals surface area (Å²) >= 11 is 0. The zero-order valence-electron chi connectivity index (χ0n) is 12.6. The molecule has 0 heterocycles. The van der Waals surface area contributed by atoms with Gasteiger partial charge in [0.05, 0.1) is 6.04 Å². The van der Waals surface area contributed by atoms with E-state index in [4.69, 9.17) is 5.73 Å². The van der Waals surface area contributed by atoms with Gasteiger partial charge >= 0.3 is 0 Å². The number of amides is 1. The van der Waals surface area contributed by atoms with E-state index in [0.29, 0.717) is 18.4 Å². The van der Waals surface area contributed by atoms with Gasteiger partial charge < -0.3 is 11.1 Å². The average molecular weight is 286 g/mol. The van der Waals surface area contributed by atoms with Crippen molar-refractivity contribution in [2.45, 2.75) is 44.6 Å². The lowest BCUT2D eigenvalue weighted by Gasteiger charge is -2.35. The molecule has 0 aliphatic heterocycles. The normalized spacial score (nSPS) is 27.1. The van der Waals surface area contributed by atoms with E-state index < -0.39 is 0 Å². The summed E-state index contributed by atoms with van der Waals surface area (Å²) in [6.07, 6.45) is 6.99. The first-order chi connectivity index (χ1) is 10.3. The van der Waals surface area contributed by atoms with Crippen LogP contribution in [0.2, 0.25) is 0 Å². The minimum absolute atomic E-state index is 0.126. The van der Waals surface area contributed by atoms with E-state index in [-0.39, 0.29) is 17.9 Å².